The summed E-state index contributed by atoms with van der Waals surface area (Å²) in [5, 5.41) is 3.08. The van der Waals surface area contributed by atoms with Crippen LogP contribution in [0.25, 0.3) is 0 Å². The number of esters is 1. The summed E-state index contributed by atoms with van der Waals surface area (Å²) in [6.07, 6.45) is 1.11. The number of sulfonamides is 1. The van der Waals surface area contributed by atoms with E-state index in [1.54, 1.807) is 6.92 Å². The van der Waals surface area contributed by atoms with Crippen LogP contribution in [0.1, 0.15) is 29.7 Å². The number of aryl methyl sites for hydroxylation is 1. The molecule has 7 nitrogen and oxygen atoms in total. The van der Waals surface area contributed by atoms with Crippen molar-refractivity contribution in [3.63, 3.8) is 0 Å². The van der Waals surface area contributed by atoms with Gasteiger partial charge in [-0.25, -0.2) is 17.9 Å². The van der Waals surface area contributed by atoms with Crippen molar-refractivity contribution in [3.8, 4) is 0 Å². The van der Waals surface area contributed by atoms with Crippen molar-refractivity contribution in [1.29, 1.82) is 0 Å². The molecule has 0 aliphatic carbocycles. The Kier molecular flexibility index (Phi) is 4.46. The number of ether oxygens (including phenoxy) is 1. The Morgan fingerprint density at radius 1 is 1.60 bits per heavy atom. The summed E-state index contributed by atoms with van der Waals surface area (Å²) in [7, 11) is -2.48. The highest BCUT2D eigenvalue weighted by molar-refractivity contribution is 7.89. The Balaban J connectivity index is 2.29. The number of furan rings is 1. The first-order chi connectivity index (χ1) is 9.47. The minimum absolute atomic E-state index is 0.00676. The number of carbonyl (C=O) groups is 1. The molecule has 2 rings (SSSR count). The molecule has 0 radical (unpaired) electrons. The molecule has 1 saturated heterocycles. The SMILES string of the molecule is CCc1oc(C(=O)OC)cc1S(=O)(=O)NC1CCNC1. The number of nitrogens with one attached hydrogen (secondary N) is 2. The van der Waals surface area contributed by atoms with E-state index in [1.165, 1.54) is 13.2 Å². The predicted octanol–water partition coefficient (Wildman–Crippen LogP) is 0.269. The normalized spacial score (nSPS) is 19.2. The third kappa shape index (κ3) is 3.02. The fourth-order valence-electron chi connectivity index (χ4n) is 2.13. The molecule has 20 heavy (non-hydrogen) atoms. The smallest absolute Gasteiger partial charge is 0.373 e. The maximum atomic E-state index is 12.3. The second-order valence-electron chi connectivity index (χ2n) is 4.55. The van der Waals surface area contributed by atoms with Crippen LogP contribution in [0.3, 0.4) is 0 Å². The van der Waals surface area contributed by atoms with Gasteiger partial charge >= 0.3 is 5.97 Å². The lowest BCUT2D eigenvalue weighted by molar-refractivity contribution is 0.0563. The Bertz CT molecular complexity index is 587. The van der Waals surface area contributed by atoms with Gasteiger partial charge in [0.2, 0.25) is 15.8 Å². The zero-order valence-electron chi connectivity index (χ0n) is 11.4. The highest BCUT2D eigenvalue weighted by Crippen LogP contribution is 2.22. The second-order valence-corrected chi connectivity index (χ2v) is 6.24. The summed E-state index contributed by atoms with van der Waals surface area (Å²) in [6.45, 7) is 3.14. The monoisotopic (exact) mass is 302 g/mol. The van der Waals surface area contributed by atoms with Gasteiger partial charge < -0.3 is 14.5 Å². The van der Waals surface area contributed by atoms with E-state index in [0.29, 0.717) is 13.0 Å². The van der Waals surface area contributed by atoms with Crippen LogP contribution in [0.15, 0.2) is 15.4 Å². The molecule has 0 amide bonds. The van der Waals surface area contributed by atoms with Crippen LogP contribution in [0, 0.1) is 0 Å². The van der Waals surface area contributed by atoms with E-state index in [2.05, 4.69) is 14.8 Å². The molecule has 1 fully saturated rings. The van der Waals surface area contributed by atoms with E-state index in [9.17, 15) is 13.2 Å². The van der Waals surface area contributed by atoms with Crippen LogP contribution in [-0.4, -0.2) is 40.6 Å². The predicted molar refractivity (Wildman–Crippen MR) is 71.0 cm³/mol. The van der Waals surface area contributed by atoms with Crippen molar-refractivity contribution in [2.24, 2.45) is 0 Å². The summed E-state index contributed by atoms with van der Waals surface area (Å²) in [6, 6.07) is 1.08. The molecule has 0 spiro atoms. The van der Waals surface area contributed by atoms with Gasteiger partial charge in [0.25, 0.3) is 0 Å². The van der Waals surface area contributed by atoms with Gasteiger partial charge in [0.05, 0.1) is 7.11 Å². The first-order valence-electron chi connectivity index (χ1n) is 6.42. The zero-order valence-corrected chi connectivity index (χ0v) is 12.2. The zero-order chi connectivity index (χ0) is 14.8. The second kappa shape index (κ2) is 5.94. The van der Waals surface area contributed by atoms with Gasteiger partial charge in [-0.1, -0.05) is 6.92 Å². The van der Waals surface area contributed by atoms with Crippen molar-refractivity contribution in [1.82, 2.24) is 10.0 Å². The van der Waals surface area contributed by atoms with Gasteiger partial charge in [-0.15, -0.1) is 0 Å². The van der Waals surface area contributed by atoms with E-state index in [4.69, 9.17) is 4.42 Å². The van der Waals surface area contributed by atoms with Gasteiger partial charge in [0.15, 0.2) is 0 Å². The fraction of sp³-hybridized carbons (Fsp3) is 0.583. The lowest BCUT2D eigenvalue weighted by Crippen LogP contribution is -2.36. The summed E-state index contributed by atoms with van der Waals surface area (Å²) in [4.78, 5) is 11.4. The average molecular weight is 302 g/mol. The molecule has 2 heterocycles. The highest BCUT2D eigenvalue weighted by Gasteiger charge is 2.28. The first-order valence-corrected chi connectivity index (χ1v) is 7.90. The lowest BCUT2D eigenvalue weighted by Gasteiger charge is -2.11. The van der Waals surface area contributed by atoms with E-state index in [-0.39, 0.29) is 22.5 Å². The molecule has 1 atom stereocenters. The van der Waals surface area contributed by atoms with Gasteiger partial charge in [-0.05, 0) is 13.0 Å². The van der Waals surface area contributed by atoms with Crippen LogP contribution in [0.4, 0.5) is 0 Å². The molecule has 1 unspecified atom stereocenters. The Morgan fingerprint density at radius 3 is 2.90 bits per heavy atom. The molecule has 1 aliphatic rings. The fourth-order valence-corrected chi connectivity index (χ4v) is 3.64. The van der Waals surface area contributed by atoms with E-state index < -0.39 is 16.0 Å². The number of methoxy groups -OCH3 is 1. The van der Waals surface area contributed by atoms with Crippen molar-refractivity contribution in [2.75, 3.05) is 20.2 Å². The molecular formula is C12H18N2O5S. The molecule has 1 aromatic rings. The van der Waals surface area contributed by atoms with E-state index >= 15 is 0 Å². The Labute approximate surface area is 117 Å². The minimum Gasteiger partial charge on any atom is -0.463 e. The quantitative estimate of drug-likeness (QED) is 0.758. The third-order valence-corrected chi connectivity index (χ3v) is 4.72. The molecule has 112 valence electrons. The van der Waals surface area contributed by atoms with Crippen LogP contribution in [0.2, 0.25) is 0 Å². The number of hydrogen-bond acceptors (Lipinski definition) is 6. The van der Waals surface area contributed by atoms with Crippen molar-refractivity contribution < 1.29 is 22.4 Å². The van der Waals surface area contributed by atoms with Crippen LogP contribution in [-0.2, 0) is 21.2 Å². The Morgan fingerprint density at radius 2 is 2.35 bits per heavy atom. The van der Waals surface area contributed by atoms with Crippen LogP contribution < -0.4 is 10.0 Å². The molecular weight excluding hydrogens is 284 g/mol. The topological polar surface area (TPSA) is 97.6 Å². The highest BCUT2D eigenvalue weighted by atomic mass is 32.2. The van der Waals surface area contributed by atoms with Gasteiger partial charge in [0, 0.05) is 25.1 Å². The molecule has 0 aromatic carbocycles. The average Bonchev–Trinajstić information content (AvgIpc) is 3.05. The van der Waals surface area contributed by atoms with Crippen LogP contribution >= 0.6 is 0 Å². The molecule has 8 heteroatoms. The standard InChI is InChI=1S/C12H18N2O5S/c1-3-9-11(6-10(19-9)12(15)18-2)20(16,17)14-8-4-5-13-7-8/h6,8,13-14H,3-5,7H2,1-2H3. The van der Waals surface area contributed by atoms with Crippen molar-refractivity contribution in [2.45, 2.75) is 30.7 Å². The molecule has 1 aromatic heterocycles. The largest absolute Gasteiger partial charge is 0.463 e. The maximum absolute atomic E-state index is 12.3. The van der Waals surface area contributed by atoms with Gasteiger partial charge in [-0.2, -0.15) is 0 Å². The first kappa shape index (κ1) is 15.0. The summed E-state index contributed by atoms with van der Waals surface area (Å²) >= 11 is 0. The van der Waals surface area contributed by atoms with Crippen molar-refractivity contribution >= 4 is 16.0 Å². The molecule has 0 saturated carbocycles. The third-order valence-electron chi connectivity index (χ3n) is 3.15. The maximum Gasteiger partial charge on any atom is 0.373 e. The van der Waals surface area contributed by atoms with Gasteiger partial charge in [0.1, 0.15) is 10.7 Å². The Hall–Kier alpha value is -1.38. The lowest BCUT2D eigenvalue weighted by atomic mass is 10.3. The van der Waals surface area contributed by atoms with Crippen LogP contribution in [0.5, 0.6) is 0 Å². The number of hydrogen-bond donors (Lipinski definition) is 2. The number of carbonyl (C=O) groups excluding carboxylic acids is 1. The number of rotatable bonds is 5. The summed E-state index contributed by atoms with van der Waals surface area (Å²) < 4.78 is 37.1. The molecule has 1 aliphatic heterocycles. The van der Waals surface area contributed by atoms with E-state index in [1.807, 2.05) is 0 Å². The molecule has 0 bridgehead atoms. The van der Waals surface area contributed by atoms with E-state index in [0.717, 1.165) is 13.0 Å². The van der Waals surface area contributed by atoms with Crippen molar-refractivity contribution in [3.05, 3.63) is 17.6 Å². The summed E-state index contributed by atoms with van der Waals surface area (Å²) in [5.41, 5.74) is 0. The molecule has 2 N–H and O–H groups in total. The van der Waals surface area contributed by atoms with Gasteiger partial charge in [-0.3, -0.25) is 0 Å². The minimum atomic E-state index is -3.70. The summed E-state index contributed by atoms with van der Waals surface area (Å²) in [5.74, 6) is -0.540.